The van der Waals surface area contributed by atoms with Crippen molar-refractivity contribution in [3.05, 3.63) is 29.3 Å². The molecule has 0 radical (unpaired) electrons. The van der Waals surface area contributed by atoms with Gasteiger partial charge in [-0.2, -0.15) is 0 Å². The van der Waals surface area contributed by atoms with E-state index in [9.17, 15) is 19.5 Å². The normalized spacial score (nSPS) is 20.9. The minimum absolute atomic E-state index is 0.0871. The summed E-state index contributed by atoms with van der Waals surface area (Å²) in [6.45, 7) is 0.458. The summed E-state index contributed by atoms with van der Waals surface area (Å²) in [6, 6.07) is 4.29. The number of benzene rings is 1. The lowest BCUT2D eigenvalue weighted by Gasteiger charge is -2.33. The standard InChI is InChI=1S/C15H16N2O4/c18-13-8-9-4-5-10(7-11(9)16-13)14(19)17-6-2-1-3-12(17)15(20)21/h4-5,7,12H,1-3,6,8H2,(H,16,18)(H,20,21)/t12-/m0/s1. The zero-order valence-corrected chi connectivity index (χ0v) is 11.5. The summed E-state index contributed by atoms with van der Waals surface area (Å²) in [5, 5.41) is 11.9. The van der Waals surface area contributed by atoms with Gasteiger partial charge in [0.2, 0.25) is 5.91 Å². The van der Waals surface area contributed by atoms with Gasteiger partial charge in [0.15, 0.2) is 0 Å². The molecule has 6 nitrogen and oxygen atoms in total. The van der Waals surface area contributed by atoms with Gasteiger partial charge >= 0.3 is 5.97 Å². The van der Waals surface area contributed by atoms with Gasteiger partial charge in [0, 0.05) is 17.8 Å². The van der Waals surface area contributed by atoms with Crippen molar-refractivity contribution < 1.29 is 19.5 Å². The fraction of sp³-hybridized carbons (Fsp3) is 0.400. The van der Waals surface area contributed by atoms with Gasteiger partial charge in [-0.15, -0.1) is 0 Å². The van der Waals surface area contributed by atoms with E-state index in [1.807, 2.05) is 0 Å². The zero-order chi connectivity index (χ0) is 15.0. The maximum absolute atomic E-state index is 12.5. The fourth-order valence-electron chi connectivity index (χ4n) is 2.94. The van der Waals surface area contributed by atoms with Gasteiger partial charge in [-0.05, 0) is 37.0 Å². The highest BCUT2D eigenvalue weighted by atomic mass is 16.4. The third-order valence-corrected chi connectivity index (χ3v) is 4.03. The molecule has 110 valence electrons. The summed E-state index contributed by atoms with van der Waals surface area (Å²) in [6.07, 6.45) is 2.45. The number of fused-ring (bicyclic) bond motifs is 1. The van der Waals surface area contributed by atoms with Gasteiger partial charge in [-0.1, -0.05) is 6.07 Å². The van der Waals surface area contributed by atoms with Crippen molar-refractivity contribution in [3.63, 3.8) is 0 Å². The Morgan fingerprint density at radius 3 is 2.86 bits per heavy atom. The van der Waals surface area contributed by atoms with Gasteiger partial charge in [0.05, 0.1) is 6.42 Å². The number of amides is 2. The molecule has 0 aliphatic carbocycles. The van der Waals surface area contributed by atoms with Crippen LogP contribution in [0.5, 0.6) is 0 Å². The first kappa shape index (κ1) is 13.6. The number of carboxylic acid groups (broad SMARTS) is 1. The SMILES string of the molecule is O=C1Cc2ccc(C(=O)N3CCCC[C@H]3C(=O)O)cc2N1. The average Bonchev–Trinajstić information content (AvgIpc) is 2.85. The summed E-state index contributed by atoms with van der Waals surface area (Å²) in [5.74, 6) is -1.33. The molecule has 0 saturated carbocycles. The molecule has 3 rings (SSSR count). The lowest BCUT2D eigenvalue weighted by atomic mass is 10.00. The van der Waals surface area contributed by atoms with Crippen LogP contribution in [0.15, 0.2) is 18.2 Å². The Morgan fingerprint density at radius 2 is 2.10 bits per heavy atom. The van der Waals surface area contributed by atoms with E-state index >= 15 is 0 Å². The summed E-state index contributed by atoms with van der Waals surface area (Å²) in [5.41, 5.74) is 1.93. The van der Waals surface area contributed by atoms with Crippen LogP contribution >= 0.6 is 0 Å². The van der Waals surface area contributed by atoms with E-state index in [-0.39, 0.29) is 11.8 Å². The maximum atomic E-state index is 12.5. The number of rotatable bonds is 2. The number of nitrogens with zero attached hydrogens (tertiary/aromatic N) is 1. The van der Waals surface area contributed by atoms with Crippen molar-refractivity contribution >= 4 is 23.5 Å². The van der Waals surface area contributed by atoms with Crippen LogP contribution in [0.1, 0.15) is 35.2 Å². The minimum Gasteiger partial charge on any atom is -0.480 e. The van der Waals surface area contributed by atoms with Crippen LogP contribution in [0.2, 0.25) is 0 Å². The Kier molecular flexibility index (Phi) is 3.37. The van der Waals surface area contributed by atoms with Crippen LogP contribution in [0, 0.1) is 0 Å². The molecule has 2 aliphatic heterocycles. The molecule has 0 unspecified atom stereocenters. The van der Waals surface area contributed by atoms with E-state index < -0.39 is 12.0 Å². The molecule has 6 heteroatoms. The molecule has 0 bridgehead atoms. The molecule has 1 saturated heterocycles. The van der Waals surface area contributed by atoms with Crippen molar-refractivity contribution in [1.29, 1.82) is 0 Å². The Hall–Kier alpha value is -2.37. The topological polar surface area (TPSA) is 86.7 Å². The van der Waals surface area contributed by atoms with Gasteiger partial charge in [-0.25, -0.2) is 4.79 Å². The van der Waals surface area contributed by atoms with Gasteiger partial charge in [0.1, 0.15) is 6.04 Å². The zero-order valence-electron chi connectivity index (χ0n) is 11.5. The Balaban J connectivity index is 1.86. The first-order valence-corrected chi connectivity index (χ1v) is 7.03. The van der Waals surface area contributed by atoms with Crippen molar-refractivity contribution in [2.45, 2.75) is 31.7 Å². The number of carbonyl (C=O) groups excluding carboxylic acids is 2. The third kappa shape index (κ3) is 2.49. The van der Waals surface area contributed by atoms with E-state index in [1.165, 1.54) is 4.90 Å². The Morgan fingerprint density at radius 1 is 1.29 bits per heavy atom. The molecule has 2 heterocycles. The number of hydrogen-bond donors (Lipinski definition) is 2. The summed E-state index contributed by atoms with van der Waals surface area (Å²) < 4.78 is 0. The van der Waals surface area contributed by atoms with Crippen molar-refractivity contribution in [2.24, 2.45) is 0 Å². The number of likely N-dealkylation sites (tertiary alicyclic amines) is 1. The smallest absolute Gasteiger partial charge is 0.326 e. The highest BCUT2D eigenvalue weighted by Gasteiger charge is 2.33. The second-order valence-electron chi connectivity index (χ2n) is 5.45. The molecule has 2 amide bonds. The summed E-state index contributed by atoms with van der Waals surface area (Å²) in [4.78, 5) is 36.6. The second-order valence-corrected chi connectivity index (χ2v) is 5.45. The molecule has 0 spiro atoms. The molecule has 1 fully saturated rings. The number of nitrogens with one attached hydrogen (secondary N) is 1. The summed E-state index contributed by atoms with van der Waals surface area (Å²) in [7, 11) is 0. The molecule has 1 atom stereocenters. The first-order chi connectivity index (χ1) is 10.1. The quantitative estimate of drug-likeness (QED) is 0.857. The average molecular weight is 288 g/mol. The molecule has 0 aromatic heterocycles. The third-order valence-electron chi connectivity index (χ3n) is 4.03. The lowest BCUT2D eigenvalue weighted by molar-refractivity contribution is -0.143. The van der Waals surface area contributed by atoms with E-state index in [4.69, 9.17) is 0 Å². The number of aliphatic carboxylic acids is 1. The molecular weight excluding hydrogens is 272 g/mol. The molecule has 2 N–H and O–H groups in total. The van der Waals surface area contributed by atoms with Crippen molar-refractivity contribution in [1.82, 2.24) is 4.90 Å². The number of hydrogen-bond acceptors (Lipinski definition) is 3. The van der Waals surface area contributed by atoms with E-state index in [0.29, 0.717) is 30.6 Å². The monoisotopic (exact) mass is 288 g/mol. The van der Waals surface area contributed by atoms with Crippen LogP contribution in [-0.4, -0.2) is 40.4 Å². The fourth-order valence-corrected chi connectivity index (χ4v) is 2.94. The second kappa shape index (κ2) is 5.20. The molecule has 1 aromatic carbocycles. The first-order valence-electron chi connectivity index (χ1n) is 7.03. The van der Waals surface area contributed by atoms with Crippen LogP contribution in [0.3, 0.4) is 0 Å². The van der Waals surface area contributed by atoms with Gasteiger partial charge in [-0.3, -0.25) is 9.59 Å². The van der Waals surface area contributed by atoms with E-state index in [1.54, 1.807) is 18.2 Å². The summed E-state index contributed by atoms with van der Waals surface area (Å²) >= 11 is 0. The number of carboxylic acids is 1. The highest BCUT2D eigenvalue weighted by molar-refractivity contribution is 6.03. The molecule has 2 aliphatic rings. The predicted octanol–water partition coefficient (Wildman–Crippen LogP) is 1.26. The van der Waals surface area contributed by atoms with Crippen molar-refractivity contribution in [3.8, 4) is 0 Å². The Bertz CT molecular complexity index is 626. The van der Waals surface area contributed by atoms with Crippen LogP contribution in [0.4, 0.5) is 5.69 Å². The molecule has 1 aromatic rings. The van der Waals surface area contributed by atoms with Gasteiger partial charge in [0.25, 0.3) is 5.91 Å². The Labute approximate surface area is 121 Å². The largest absolute Gasteiger partial charge is 0.480 e. The molecule has 21 heavy (non-hydrogen) atoms. The maximum Gasteiger partial charge on any atom is 0.326 e. The van der Waals surface area contributed by atoms with E-state index in [2.05, 4.69) is 5.32 Å². The van der Waals surface area contributed by atoms with E-state index in [0.717, 1.165) is 18.4 Å². The lowest BCUT2D eigenvalue weighted by Crippen LogP contribution is -2.47. The molecular formula is C15H16N2O4. The number of carbonyl (C=O) groups is 3. The van der Waals surface area contributed by atoms with Crippen LogP contribution in [0.25, 0.3) is 0 Å². The number of anilines is 1. The predicted molar refractivity (Wildman–Crippen MR) is 75.1 cm³/mol. The van der Waals surface area contributed by atoms with Crippen LogP contribution < -0.4 is 5.32 Å². The van der Waals surface area contributed by atoms with Crippen molar-refractivity contribution in [2.75, 3.05) is 11.9 Å². The van der Waals surface area contributed by atoms with Crippen LogP contribution in [-0.2, 0) is 16.0 Å². The minimum atomic E-state index is -0.961. The highest BCUT2D eigenvalue weighted by Crippen LogP contribution is 2.26. The number of piperidine rings is 1. The van der Waals surface area contributed by atoms with Gasteiger partial charge < -0.3 is 15.3 Å².